The van der Waals surface area contributed by atoms with Crippen LogP contribution in [0.3, 0.4) is 0 Å². The molecular weight excluding hydrogens is 188 g/mol. The highest BCUT2D eigenvalue weighted by atomic mass is 15.2. The summed E-state index contributed by atoms with van der Waals surface area (Å²) in [7, 11) is 0. The number of rotatable bonds is 1. The number of hydrogen-bond donors (Lipinski definition) is 1. The van der Waals surface area contributed by atoms with E-state index in [1.54, 1.807) is 10.7 Å². The zero-order chi connectivity index (χ0) is 11.1. The molecule has 4 heteroatoms. The molecule has 0 spiro atoms. The molecule has 0 radical (unpaired) electrons. The molecule has 2 aromatic rings. The van der Waals surface area contributed by atoms with Gasteiger partial charge in [-0.25, -0.2) is 9.50 Å². The van der Waals surface area contributed by atoms with Crippen LogP contribution in [0.1, 0.15) is 32.0 Å². The number of hydrogen-bond acceptors (Lipinski definition) is 3. The highest BCUT2D eigenvalue weighted by Gasteiger charge is 2.17. The van der Waals surface area contributed by atoms with Crippen LogP contribution >= 0.6 is 0 Å². The fourth-order valence-electron chi connectivity index (χ4n) is 1.39. The van der Waals surface area contributed by atoms with Crippen LogP contribution in [0.25, 0.3) is 5.65 Å². The Morgan fingerprint density at radius 1 is 1.40 bits per heavy atom. The first kappa shape index (κ1) is 10.1. The maximum Gasteiger partial charge on any atom is 0.155 e. The molecule has 0 aliphatic rings. The Morgan fingerprint density at radius 3 is 2.73 bits per heavy atom. The predicted molar refractivity (Wildman–Crippen MR) is 59.6 cm³/mol. The third-order valence-electron chi connectivity index (χ3n) is 2.37. The van der Waals surface area contributed by atoms with Crippen LogP contribution in [0, 0.1) is 0 Å². The van der Waals surface area contributed by atoms with Crippen molar-refractivity contribution in [3.8, 4) is 0 Å². The third-order valence-corrected chi connectivity index (χ3v) is 2.37. The summed E-state index contributed by atoms with van der Waals surface area (Å²) in [6, 6.07) is 2.01. The normalized spacial score (nSPS) is 12.3. The van der Waals surface area contributed by atoms with Gasteiger partial charge in [-0.05, 0) is 0 Å². The van der Waals surface area contributed by atoms with Gasteiger partial charge in [0.25, 0.3) is 0 Å². The quantitative estimate of drug-likeness (QED) is 0.765. The second-order valence-electron chi connectivity index (χ2n) is 4.75. The Bertz CT molecular complexity index is 479. The van der Waals surface area contributed by atoms with E-state index >= 15 is 0 Å². The van der Waals surface area contributed by atoms with Crippen molar-refractivity contribution in [2.75, 3.05) is 0 Å². The lowest BCUT2D eigenvalue weighted by atomic mass is 9.93. The van der Waals surface area contributed by atoms with Crippen LogP contribution in [-0.4, -0.2) is 14.6 Å². The standard InChI is InChI=1S/C11H16N4/c1-11(2,3)9-4-10-13-6-8(5-12)7-15(10)14-9/h4,6-7H,5,12H2,1-3H3. The van der Waals surface area contributed by atoms with Gasteiger partial charge < -0.3 is 5.73 Å². The van der Waals surface area contributed by atoms with E-state index in [0.29, 0.717) is 6.54 Å². The number of nitrogens with zero attached hydrogens (tertiary/aromatic N) is 3. The zero-order valence-corrected chi connectivity index (χ0v) is 9.36. The van der Waals surface area contributed by atoms with Gasteiger partial charge in [0.05, 0.1) is 5.69 Å². The van der Waals surface area contributed by atoms with Crippen molar-refractivity contribution in [3.05, 3.63) is 29.7 Å². The largest absolute Gasteiger partial charge is 0.326 e. The van der Waals surface area contributed by atoms with Gasteiger partial charge in [0.1, 0.15) is 0 Å². The fraction of sp³-hybridized carbons (Fsp3) is 0.455. The Morgan fingerprint density at radius 2 is 2.13 bits per heavy atom. The summed E-state index contributed by atoms with van der Waals surface area (Å²) < 4.78 is 1.79. The lowest BCUT2D eigenvalue weighted by Gasteiger charge is -2.13. The molecule has 2 heterocycles. The second kappa shape index (κ2) is 3.31. The molecule has 2 N–H and O–H groups in total. The minimum Gasteiger partial charge on any atom is -0.326 e. The van der Waals surface area contributed by atoms with Gasteiger partial charge in [-0.2, -0.15) is 5.10 Å². The smallest absolute Gasteiger partial charge is 0.155 e. The van der Waals surface area contributed by atoms with Gasteiger partial charge in [0.15, 0.2) is 5.65 Å². The fourth-order valence-corrected chi connectivity index (χ4v) is 1.39. The second-order valence-corrected chi connectivity index (χ2v) is 4.75. The Hall–Kier alpha value is -1.42. The van der Waals surface area contributed by atoms with Crippen molar-refractivity contribution in [3.63, 3.8) is 0 Å². The Labute approximate surface area is 89.1 Å². The van der Waals surface area contributed by atoms with Crippen molar-refractivity contribution in [1.29, 1.82) is 0 Å². The first-order chi connectivity index (χ1) is 7.00. The zero-order valence-electron chi connectivity index (χ0n) is 9.36. The van der Waals surface area contributed by atoms with E-state index in [-0.39, 0.29) is 5.41 Å². The third kappa shape index (κ3) is 1.85. The predicted octanol–water partition coefficient (Wildman–Crippen LogP) is 1.49. The summed E-state index contributed by atoms with van der Waals surface area (Å²) in [6.07, 6.45) is 3.72. The lowest BCUT2D eigenvalue weighted by molar-refractivity contribution is 0.562. The number of aromatic nitrogens is 3. The summed E-state index contributed by atoms with van der Waals surface area (Å²) in [5.41, 5.74) is 8.51. The summed E-state index contributed by atoms with van der Waals surface area (Å²) in [4.78, 5) is 4.31. The molecule has 0 aliphatic carbocycles. The van der Waals surface area contributed by atoms with Crippen LogP contribution in [-0.2, 0) is 12.0 Å². The Kier molecular flexibility index (Phi) is 2.23. The summed E-state index contributed by atoms with van der Waals surface area (Å²) in [5.74, 6) is 0. The average molecular weight is 204 g/mol. The van der Waals surface area contributed by atoms with Crippen LogP contribution in [0.4, 0.5) is 0 Å². The monoisotopic (exact) mass is 204 g/mol. The minimum atomic E-state index is 0.0522. The molecule has 2 rings (SSSR count). The molecule has 2 aromatic heterocycles. The van der Waals surface area contributed by atoms with Gasteiger partial charge in [0.2, 0.25) is 0 Å². The van der Waals surface area contributed by atoms with Gasteiger partial charge >= 0.3 is 0 Å². The molecule has 0 atom stereocenters. The van der Waals surface area contributed by atoms with Gasteiger partial charge in [-0.1, -0.05) is 20.8 Å². The molecule has 0 aromatic carbocycles. The summed E-state index contributed by atoms with van der Waals surface area (Å²) in [5, 5.41) is 4.49. The number of fused-ring (bicyclic) bond motifs is 1. The Balaban J connectivity index is 2.56. The van der Waals surface area contributed by atoms with E-state index in [9.17, 15) is 0 Å². The van der Waals surface area contributed by atoms with Crippen LogP contribution in [0.15, 0.2) is 18.5 Å². The van der Waals surface area contributed by atoms with E-state index in [4.69, 9.17) is 5.73 Å². The highest BCUT2D eigenvalue weighted by molar-refractivity contribution is 5.41. The molecule has 0 fully saturated rings. The molecule has 15 heavy (non-hydrogen) atoms. The van der Waals surface area contributed by atoms with Crippen molar-refractivity contribution in [1.82, 2.24) is 14.6 Å². The highest BCUT2D eigenvalue weighted by Crippen LogP contribution is 2.21. The summed E-state index contributed by atoms with van der Waals surface area (Å²) in [6.45, 7) is 6.91. The van der Waals surface area contributed by atoms with Crippen molar-refractivity contribution in [2.24, 2.45) is 5.73 Å². The molecule has 0 saturated carbocycles. The molecule has 0 amide bonds. The van der Waals surface area contributed by atoms with Crippen molar-refractivity contribution in [2.45, 2.75) is 32.7 Å². The van der Waals surface area contributed by atoms with Crippen LogP contribution < -0.4 is 5.73 Å². The molecule has 4 nitrogen and oxygen atoms in total. The van der Waals surface area contributed by atoms with Gasteiger partial charge in [-0.15, -0.1) is 0 Å². The first-order valence-corrected chi connectivity index (χ1v) is 5.05. The van der Waals surface area contributed by atoms with Crippen molar-refractivity contribution < 1.29 is 0 Å². The minimum absolute atomic E-state index is 0.0522. The molecular formula is C11H16N4. The van der Waals surface area contributed by atoms with Crippen LogP contribution in [0.5, 0.6) is 0 Å². The maximum atomic E-state index is 5.55. The maximum absolute atomic E-state index is 5.55. The number of nitrogens with two attached hydrogens (primary N) is 1. The van der Waals surface area contributed by atoms with E-state index in [1.165, 1.54) is 0 Å². The molecule has 80 valence electrons. The molecule has 0 saturated heterocycles. The van der Waals surface area contributed by atoms with E-state index in [2.05, 4.69) is 30.9 Å². The van der Waals surface area contributed by atoms with Gasteiger partial charge in [-0.3, -0.25) is 0 Å². The molecule has 0 unspecified atom stereocenters. The van der Waals surface area contributed by atoms with E-state index in [1.807, 2.05) is 12.3 Å². The molecule has 0 aliphatic heterocycles. The lowest BCUT2D eigenvalue weighted by Crippen LogP contribution is -2.11. The first-order valence-electron chi connectivity index (χ1n) is 5.05. The SMILES string of the molecule is CC(C)(C)c1cc2ncc(CN)cn2n1. The van der Waals surface area contributed by atoms with Crippen LogP contribution in [0.2, 0.25) is 0 Å². The van der Waals surface area contributed by atoms with Gasteiger partial charge in [0, 0.05) is 36.0 Å². The van der Waals surface area contributed by atoms with E-state index < -0.39 is 0 Å². The molecule has 0 bridgehead atoms. The average Bonchev–Trinajstić information content (AvgIpc) is 2.59. The van der Waals surface area contributed by atoms with Crippen molar-refractivity contribution >= 4 is 5.65 Å². The summed E-state index contributed by atoms with van der Waals surface area (Å²) >= 11 is 0. The topological polar surface area (TPSA) is 56.2 Å². The van der Waals surface area contributed by atoms with E-state index in [0.717, 1.165) is 16.9 Å².